The minimum Gasteiger partial charge on any atom is -0.375 e. The van der Waals surface area contributed by atoms with Gasteiger partial charge in [-0.15, -0.1) is 0 Å². The van der Waals surface area contributed by atoms with E-state index in [1.807, 2.05) is 13.8 Å². The molecule has 0 aliphatic carbocycles. The average molecular weight is 186 g/mol. The highest BCUT2D eigenvalue weighted by Gasteiger charge is 2.28. The first-order valence-corrected chi connectivity index (χ1v) is 4.70. The number of rotatable bonds is 1. The molecule has 3 atom stereocenters. The molecule has 1 saturated heterocycles. The molecule has 0 aromatic carbocycles. The Morgan fingerprint density at radius 2 is 2.23 bits per heavy atom. The summed E-state index contributed by atoms with van der Waals surface area (Å²) in [5.74, 6) is 0.0163. The Kier molecular flexibility index (Phi) is 3.27. The lowest BCUT2D eigenvalue weighted by Crippen LogP contribution is -2.54. The van der Waals surface area contributed by atoms with Crippen LogP contribution < -0.4 is 5.73 Å². The molecule has 76 valence electrons. The summed E-state index contributed by atoms with van der Waals surface area (Å²) in [4.78, 5) is 13.4. The van der Waals surface area contributed by atoms with E-state index in [1.165, 1.54) is 0 Å². The first kappa shape index (κ1) is 10.5. The lowest BCUT2D eigenvalue weighted by molar-refractivity contribution is -0.144. The van der Waals surface area contributed by atoms with Crippen LogP contribution in [0.25, 0.3) is 0 Å². The number of hydrogen-bond donors (Lipinski definition) is 1. The molecule has 1 aliphatic heterocycles. The van der Waals surface area contributed by atoms with Crippen LogP contribution in [0.2, 0.25) is 0 Å². The van der Waals surface area contributed by atoms with Gasteiger partial charge in [-0.2, -0.15) is 0 Å². The van der Waals surface area contributed by atoms with Crippen LogP contribution in [-0.4, -0.2) is 42.1 Å². The van der Waals surface area contributed by atoms with E-state index in [0.717, 1.165) is 0 Å². The fourth-order valence-corrected chi connectivity index (χ4v) is 1.47. The van der Waals surface area contributed by atoms with Crippen LogP contribution in [-0.2, 0) is 9.53 Å². The smallest absolute Gasteiger partial charge is 0.239 e. The summed E-state index contributed by atoms with van der Waals surface area (Å²) in [6, 6.07) is -0.262. The molecule has 1 aliphatic rings. The Balaban J connectivity index is 2.60. The molecule has 0 spiro atoms. The van der Waals surface area contributed by atoms with E-state index < -0.39 is 6.04 Å². The van der Waals surface area contributed by atoms with Crippen LogP contribution in [0.4, 0.5) is 0 Å². The van der Waals surface area contributed by atoms with Crippen LogP contribution in [0.15, 0.2) is 0 Å². The summed E-state index contributed by atoms with van der Waals surface area (Å²) in [6.07, 6.45) is 0.124. The summed E-state index contributed by atoms with van der Waals surface area (Å²) in [5.41, 5.74) is 5.54. The molecule has 0 bridgehead atoms. The van der Waals surface area contributed by atoms with Crippen molar-refractivity contribution < 1.29 is 9.53 Å². The van der Waals surface area contributed by atoms with Crippen molar-refractivity contribution in [3.8, 4) is 0 Å². The first-order chi connectivity index (χ1) is 6.02. The van der Waals surface area contributed by atoms with Gasteiger partial charge in [0.15, 0.2) is 0 Å². The van der Waals surface area contributed by atoms with Gasteiger partial charge in [-0.3, -0.25) is 4.79 Å². The number of carbonyl (C=O) groups is 1. The largest absolute Gasteiger partial charge is 0.375 e. The van der Waals surface area contributed by atoms with Gasteiger partial charge in [-0.05, 0) is 20.8 Å². The van der Waals surface area contributed by atoms with Crippen molar-refractivity contribution in [3.05, 3.63) is 0 Å². The maximum atomic E-state index is 11.6. The molecular formula is C9H18N2O2. The van der Waals surface area contributed by atoms with Crippen LogP contribution in [0, 0.1) is 0 Å². The van der Waals surface area contributed by atoms with Gasteiger partial charge >= 0.3 is 0 Å². The second-order valence-electron chi connectivity index (χ2n) is 3.77. The molecule has 1 fully saturated rings. The van der Waals surface area contributed by atoms with E-state index in [0.29, 0.717) is 13.2 Å². The van der Waals surface area contributed by atoms with Crippen LogP contribution in [0.3, 0.4) is 0 Å². The van der Waals surface area contributed by atoms with Crippen molar-refractivity contribution in [2.45, 2.75) is 39.0 Å². The number of ether oxygens (including phenoxy) is 1. The fraction of sp³-hybridized carbons (Fsp3) is 0.889. The lowest BCUT2D eigenvalue weighted by Gasteiger charge is -2.37. The summed E-state index contributed by atoms with van der Waals surface area (Å²) < 4.78 is 5.42. The number of nitrogens with two attached hydrogens (primary N) is 1. The van der Waals surface area contributed by atoms with Gasteiger partial charge < -0.3 is 15.4 Å². The maximum absolute atomic E-state index is 11.6. The second kappa shape index (κ2) is 4.07. The number of hydrogen-bond acceptors (Lipinski definition) is 3. The zero-order valence-electron chi connectivity index (χ0n) is 8.49. The Morgan fingerprint density at radius 3 is 2.77 bits per heavy atom. The predicted octanol–water partition coefficient (Wildman–Crippen LogP) is -0.0306. The van der Waals surface area contributed by atoms with Gasteiger partial charge in [0, 0.05) is 6.54 Å². The summed E-state index contributed by atoms with van der Waals surface area (Å²) in [7, 11) is 0. The van der Waals surface area contributed by atoms with E-state index in [2.05, 4.69) is 0 Å². The van der Waals surface area contributed by atoms with Gasteiger partial charge in [0.1, 0.15) is 0 Å². The molecule has 4 heteroatoms. The van der Waals surface area contributed by atoms with Crippen molar-refractivity contribution in [2.75, 3.05) is 13.2 Å². The minimum absolute atomic E-state index is 0.0163. The zero-order valence-corrected chi connectivity index (χ0v) is 8.49. The molecule has 1 amide bonds. The van der Waals surface area contributed by atoms with Gasteiger partial charge in [0.2, 0.25) is 5.91 Å². The normalized spacial score (nSPS) is 31.5. The third-order valence-corrected chi connectivity index (χ3v) is 2.28. The Bertz CT molecular complexity index is 194. The maximum Gasteiger partial charge on any atom is 0.239 e. The average Bonchev–Trinajstić information content (AvgIpc) is 2.08. The lowest BCUT2D eigenvalue weighted by atomic mass is 10.1. The van der Waals surface area contributed by atoms with Crippen molar-refractivity contribution in [1.82, 2.24) is 4.90 Å². The van der Waals surface area contributed by atoms with Gasteiger partial charge in [0.25, 0.3) is 0 Å². The van der Waals surface area contributed by atoms with Crippen LogP contribution in [0.5, 0.6) is 0 Å². The van der Waals surface area contributed by atoms with Crippen molar-refractivity contribution >= 4 is 5.91 Å². The Morgan fingerprint density at radius 1 is 1.62 bits per heavy atom. The Hall–Kier alpha value is -0.610. The first-order valence-electron chi connectivity index (χ1n) is 4.70. The van der Waals surface area contributed by atoms with Crippen molar-refractivity contribution in [2.24, 2.45) is 5.73 Å². The number of nitrogens with zero attached hydrogens (tertiary/aromatic N) is 1. The fourth-order valence-electron chi connectivity index (χ4n) is 1.47. The molecule has 0 aromatic heterocycles. The number of morpholine rings is 1. The minimum atomic E-state index is -0.409. The molecule has 0 saturated carbocycles. The van der Waals surface area contributed by atoms with Crippen molar-refractivity contribution in [3.63, 3.8) is 0 Å². The van der Waals surface area contributed by atoms with E-state index >= 15 is 0 Å². The van der Waals surface area contributed by atoms with Gasteiger partial charge in [0.05, 0.1) is 24.8 Å². The SMILES string of the molecule is CC1CN(C(=O)C(C)N)C(C)CO1. The van der Waals surface area contributed by atoms with Crippen LogP contribution in [0.1, 0.15) is 20.8 Å². The summed E-state index contributed by atoms with van der Waals surface area (Å²) in [6.45, 7) is 6.93. The third kappa shape index (κ3) is 2.42. The van der Waals surface area contributed by atoms with Crippen molar-refractivity contribution in [1.29, 1.82) is 0 Å². The predicted molar refractivity (Wildman–Crippen MR) is 50.2 cm³/mol. The molecular weight excluding hydrogens is 168 g/mol. The molecule has 1 rings (SSSR count). The van der Waals surface area contributed by atoms with E-state index in [9.17, 15) is 4.79 Å². The van der Waals surface area contributed by atoms with E-state index in [-0.39, 0.29) is 18.1 Å². The van der Waals surface area contributed by atoms with E-state index in [4.69, 9.17) is 10.5 Å². The second-order valence-corrected chi connectivity index (χ2v) is 3.77. The summed E-state index contributed by atoms with van der Waals surface area (Å²) in [5, 5.41) is 0. The third-order valence-electron chi connectivity index (χ3n) is 2.28. The summed E-state index contributed by atoms with van der Waals surface area (Å²) >= 11 is 0. The monoisotopic (exact) mass is 186 g/mol. The van der Waals surface area contributed by atoms with Gasteiger partial charge in [-0.25, -0.2) is 0 Å². The zero-order chi connectivity index (χ0) is 10.0. The molecule has 3 unspecified atom stereocenters. The highest BCUT2D eigenvalue weighted by molar-refractivity contribution is 5.81. The molecule has 4 nitrogen and oxygen atoms in total. The molecule has 0 aromatic rings. The molecule has 2 N–H and O–H groups in total. The standard InChI is InChI=1S/C9H18N2O2/c1-6-5-13-7(2)4-11(6)9(12)8(3)10/h6-8H,4-5,10H2,1-3H3. The highest BCUT2D eigenvalue weighted by atomic mass is 16.5. The topological polar surface area (TPSA) is 55.6 Å². The van der Waals surface area contributed by atoms with Crippen LogP contribution >= 0.6 is 0 Å². The number of carbonyl (C=O) groups excluding carboxylic acids is 1. The van der Waals surface area contributed by atoms with Gasteiger partial charge in [-0.1, -0.05) is 0 Å². The quantitative estimate of drug-likeness (QED) is 0.625. The highest BCUT2D eigenvalue weighted by Crippen LogP contribution is 2.11. The molecule has 1 heterocycles. The molecule has 13 heavy (non-hydrogen) atoms. The molecule has 0 radical (unpaired) electrons. The number of amides is 1. The Labute approximate surface area is 79.0 Å². The van der Waals surface area contributed by atoms with E-state index in [1.54, 1.807) is 11.8 Å².